The van der Waals surface area contributed by atoms with Crippen LogP contribution < -0.4 is 0 Å². The van der Waals surface area contributed by atoms with Crippen molar-refractivity contribution >= 4 is 33.2 Å². The van der Waals surface area contributed by atoms with Crippen molar-refractivity contribution in [3.63, 3.8) is 0 Å². The predicted octanol–water partition coefficient (Wildman–Crippen LogP) is 2.36. The topological polar surface area (TPSA) is 49.9 Å². The highest BCUT2D eigenvalue weighted by atomic mass is 32.1. The van der Waals surface area contributed by atoms with Gasteiger partial charge in [0.1, 0.15) is 6.10 Å². The summed E-state index contributed by atoms with van der Waals surface area (Å²) in [5, 5.41) is 2.96. The molecule has 126 valence electrons. The molecule has 0 radical (unpaired) electrons. The van der Waals surface area contributed by atoms with Crippen LogP contribution in [0.15, 0.2) is 29.6 Å². The van der Waals surface area contributed by atoms with Crippen molar-refractivity contribution < 1.29 is 14.3 Å². The van der Waals surface area contributed by atoms with E-state index >= 15 is 0 Å². The molecule has 1 unspecified atom stereocenters. The zero-order valence-electron chi connectivity index (χ0n) is 13.4. The number of rotatable bonds is 2. The quantitative estimate of drug-likeness (QED) is 0.840. The number of piperazine rings is 1. The highest BCUT2D eigenvalue weighted by Crippen LogP contribution is 2.27. The second kappa shape index (κ2) is 6.53. The number of carbonyl (C=O) groups excluding carboxylic acids is 2. The van der Waals surface area contributed by atoms with Gasteiger partial charge in [-0.1, -0.05) is 18.2 Å². The standard InChI is InChI=1S/C18H20N2O3S/c21-17(14-12-24-16-6-2-1-4-13(14)16)19-7-9-20(10-8-19)18(22)15-5-3-11-23-15/h1-2,4,6,12,15H,3,5,7-11H2. The summed E-state index contributed by atoms with van der Waals surface area (Å²) in [6.07, 6.45) is 1.51. The molecule has 0 spiro atoms. The molecular weight excluding hydrogens is 324 g/mol. The fourth-order valence-corrected chi connectivity index (χ4v) is 4.35. The Morgan fingerprint density at radius 2 is 1.83 bits per heavy atom. The summed E-state index contributed by atoms with van der Waals surface area (Å²) >= 11 is 1.60. The minimum Gasteiger partial charge on any atom is -0.368 e. The van der Waals surface area contributed by atoms with Crippen LogP contribution in [0.5, 0.6) is 0 Å². The first kappa shape index (κ1) is 15.6. The number of ether oxygens (including phenoxy) is 1. The molecule has 6 heteroatoms. The summed E-state index contributed by atoms with van der Waals surface area (Å²) in [6.45, 7) is 3.03. The van der Waals surface area contributed by atoms with E-state index in [1.54, 1.807) is 11.3 Å². The molecule has 0 aliphatic carbocycles. The maximum Gasteiger partial charge on any atom is 0.255 e. The first-order chi connectivity index (χ1) is 11.7. The minimum atomic E-state index is -0.270. The summed E-state index contributed by atoms with van der Waals surface area (Å²) in [7, 11) is 0. The summed E-state index contributed by atoms with van der Waals surface area (Å²) in [6, 6.07) is 7.98. The average molecular weight is 344 g/mol. The average Bonchev–Trinajstić information content (AvgIpc) is 3.30. The first-order valence-corrected chi connectivity index (χ1v) is 9.28. The molecule has 1 aromatic carbocycles. The van der Waals surface area contributed by atoms with Crippen LogP contribution in [0, 0.1) is 0 Å². The molecule has 2 aliphatic rings. The molecule has 2 aliphatic heterocycles. The number of nitrogens with zero attached hydrogens (tertiary/aromatic N) is 2. The molecule has 4 rings (SSSR count). The Morgan fingerprint density at radius 1 is 1.08 bits per heavy atom. The van der Waals surface area contributed by atoms with Gasteiger partial charge in [-0.3, -0.25) is 9.59 Å². The number of hydrogen-bond donors (Lipinski definition) is 0. The number of benzene rings is 1. The molecule has 5 nitrogen and oxygen atoms in total. The Labute approximate surface area is 144 Å². The van der Waals surface area contributed by atoms with Gasteiger partial charge in [-0.05, 0) is 18.9 Å². The van der Waals surface area contributed by atoms with E-state index in [2.05, 4.69) is 0 Å². The largest absolute Gasteiger partial charge is 0.368 e. The smallest absolute Gasteiger partial charge is 0.255 e. The zero-order valence-corrected chi connectivity index (χ0v) is 14.3. The van der Waals surface area contributed by atoms with Crippen molar-refractivity contribution in [2.75, 3.05) is 32.8 Å². The van der Waals surface area contributed by atoms with Gasteiger partial charge >= 0.3 is 0 Å². The molecule has 0 saturated carbocycles. The van der Waals surface area contributed by atoms with Gasteiger partial charge in [0.05, 0.1) is 5.56 Å². The number of amides is 2. The molecule has 1 atom stereocenters. The Bertz CT molecular complexity index is 758. The van der Waals surface area contributed by atoms with Crippen molar-refractivity contribution in [3.8, 4) is 0 Å². The van der Waals surface area contributed by atoms with Crippen LogP contribution in [-0.2, 0) is 9.53 Å². The second-order valence-electron chi connectivity index (χ2n) is 6.26. The number of fused-ring (bicyclic) bond motifs is 1. The Morgan fingerprint density at radius 3 is 2.58 bits per heavy atom. The van der Waals surface area contributed by atoms with Gasteiger partial charge in [-0.25, -0.2) is 0 Å². The van der Waals surface area contributed by atoms with Gasteiger partial charge < -0.3 is 14.5 Å². The monoisotopic (exact) mass is 344 g/mol. The third-order valence-corrected chi connectivity index (χ3v) is 5.76. The number of thiophene rings is 1. The van der Waals surface area contributed by atoms with E-state index in [4.69, 9.17) is 4.74 Å². The van der Waals surface area contributed by atoms with Crippen LogP contribution in [0.2, 0.25) is 0 Å². The Hall–Kier alpha value is -1.92. The van der Waals surface area contributed by atoms with Crippen molar-refractivity contribution in [3.05, 3.63) is 35.2 Å². The fraction of sp³-hybridized carbons (Fsp3) is 0.444. The maximum absolute atomic E-state index is 12.8. The van der Waals surface area contributed by atoms with Crippen molar-refractivity contribution in [1.29, 1.82) is 0 Å². The third-order valence-electron chi connectivity index (χ3n) is 4.80. The predicted molar refractivity (Wildman–Crippen MR) is 93.3 cm³/mol. The van der Waals surface area contributed by atoms with Crippen molar-refractivity contribution in [2.45, 2.75) is 18.9 Å². The molecule has 0 bridgehead atoms. The molecule has 3 heterocycles. The van der Waals surface area contributed by atoms with Crippen LogP contribution in [-0.4, -0.2) is 60.5 Å². The highest BCUT2D eigenvalue weighted by molar-refractivity contribution is 7.17. The maximum atomic E-state index is 12.8. The summed E-state index contributed by atoms with van der Waals surface area (Å²) < 4.78 is 6.61. The third kappa shape index (κ3) is 2.80. The number of hydrogen-bond acceptors (Lipinski definition) is 4. The van der Waals surface area contributed by atoms with Gasteiger partial charge in [-0.15, -0.1) is 11.3 Å². The van der Waals surface area contributed by atoms with E-state index in [1.165, 1.54) is 0 Å². The molecule has 1 aromatic heterocycles. The van der Waals surface area contributed by atoms with Crippen LogP contribution in [0.3, 0.4) is 0 Å². The van der Waals surface area contributed by atoms with E-state index in [9.17, 15) is 9.59 Å². The molecule has 2 amide bonds. The summed E-state index contributed by atoms with van der Waals surface area (Å²) in [4.78, 5) is 28.9. The summed E-state index contributed by atoms with van der Waals surface area (Å²) in [5.74, 6) is 0.150. The highest BCUT2D eigenvalue weighted by Gasteiger charge is 2.31. The van der Waals surface area contributed by atoms with E-state index in [0.29, 0.717) is 32.8 Å². The Balaban J connectivity index is 1.42. The van der Waals surface area contributed by atoms with Crippen molar-refractivity contribution in [1.82, 2.24) is 9.80 Å². The Kier molecular flexibility index (Phi) is 4.24. The van der Waals surface area contributed by atoms with Gasteiger partial charge in [-0.2, -0.15) is 0 Å². The van der Waals surface area contributed by atoms with Crippen LogP contribution in [0.25, 0.3) is 10.1 Å². The van der Waals surface area contributed by atoms with Gasteiger partial charge in [0.25, 0.3) is 11.8 Å². The molecule has 2 fully saturated rings. The lowest BCUT2D eigenvalue weighted by Crippen LogP contribution is -2.52. The molecular formula is C18H20N2O3S. The lowest BCUT2D eigenvalue weighted by Gasteiger charge is -2.35. The minimum absolute atomic E-state index is 0.0664. The van der Waals surface area contributed by atoms with Gasteiger partial charge in [0.2, 0.25) is 0 Å². The van der Waals surface area contributed by atoms with Crippen LogP contribution in [0.4, 0.5) is 0 Å². The summed E-state index contributed by atoms with van der Waals surface area (Å²) in [5.41, 5.74) is 0.773. The van der Waals surface area contributed by atoms with E-state index in [0.717, 1.165) is 28.5 Å². The lowest BCUT2D eigenvalue weighted by molar-refractivity contribution is -0.142. The van der Waals surface area contributed by atoms with E-state index in [-0.39, 0.29) is 17.9 Å². The van der Waals surface area contributed by atoms with Gasteiger partial charge in [0, 0.05) is 48.3 Å². The van der Waals surface area contributed by atoms with E-state index in [1.807, 2.05) is 39.4 Å². The zero-order chi connectivity index (χ0) is 16.5. The SMILES string of the molecule is O=C(c1csc2ccccc12)N1CCN(C(=O)C2CCCO2)CC1. The van der Waals surface area contributed by atoms with Crippen LogP contribution in [0.1, 0.15) is 23.2 Å². The molecule has 2 saturated heterocycles. The molecule has 0 N–H and O–H groups in total. The van der Waals surface area contributed by atoms with E-state index < -0.39 is 0 Å². The second-order valence-corrected chi connectivity index (χ2v) is 7.18. The normalized spacial score (nSPS) is 21.4. The molecule has 2 aromatic rings. The van der Waals surface area contributed by atoms with Gasteiger partial charge in [0.15, 0.2) is 0 Å². The van der Waals surface area contributed by atoms with Crippen molar-refractivity contribution in [2.24, 2.45) is 0 Å². The van der Waals surface area contributed by atoms with Crippen LogP contribution >= 0.6 is 11.3 Å². The molecule has 24 heavy (non-hydrogen) atoms. The first-order valence-electron chi connectivity index (χ1n) is 8.40. The lowest BCUT2D eigenvalue weighted by atomic mass is 10.1. The number of carbonyl (C=O) groups is 2. The fourth-order valence-electron chi connectivity index (χ4n) is 3.42.